The van der Waals surface area contributed by atoms with Crippen LogP contribution < -0.4 is 11.1 Å². The van der Waals surface area contributed by atoms with Crippen molar-refractivity contribution in [1.82, 2.24) is 5.32 Å². The molecule has 5 nitrogen and oxygen atoms in total. The summed E-state index contributed by atoms with van der Waals surface area (Å²) >= 11 is 0. The lowest BCUT2D eigenvalue weighted by Gasteiger charge is -2.29. The highest BCUT2D eigenvalue weighted by Gasteiger charge is 2.30. The number of ether oxygens (including phenoxy) is 1. The predicted octanol–water partition coefficient (Wildman–Crippen LogP) is 0.289. The van der Waals surface area contributed by atoms with Gasteiger partial charge in [0, 0.05) is 12.7 Å². The van der Waals surface area contributed by atoms with E-state index in [1.54, 1.807) is 25.1 Å². The molecule has 1 aromatic rings. The molecule has 1 aromatic carbocycles. The van der Waals surface area contributed by atoms with Crippen molar-refractivity contribution in [3.05, 3.63) is 35.6 Å². The molecule has 6 heteroatoms. The number of rotatable bonds is 4. The summed E-state index contributed by atoms with van der Waals surface area (Å²) in [6, 6.07) is 6.06. The van der Waals surface area contributed by atoms with Crippen molar-refractivity contribution in [3.63, 3.8) is 0 Å². The van der Waals surface area contributed by atoms with E-state index in [1.807, 2.05) is 0 Å². The molecule has 18 heavy (non-hydrogen) atoms. The molecule has 1 atom stereocenters. The standard InChI is InChI=1S/C12H15FN2O3/c1-12(18-2,7-15-11(17)10(14)16)8-5-3-4-6-9(8)13/h3-6H,7H2,1-2H3,(H2,14,16)(H,15,17). The SMILES string of the molecule is COC(C)(CNC(=O)C(N)=O)c1ccccc1F. The summed E-state index contributed by atoms with van der Waals surface area (Å²) in [5.41, 5.74) is 4.03. The molecule has 0 heterocycles. The molecule has 3 N–H and O–H groups in total. The maximum Gasteiger partial charge on any atom is 0.309 e. The molecular weight excluding hydrogens is 239 g/mol. The highest BCUT2D eigenvalue weighted by Crippen LogP contribution is 2.26. The van der Waals surface area contributed by atoms with Gasteiger partial charge in [-0.1, -0.05) is 18.2 Å². The molecule has 0 aliphatic rings. The molecule has 1 rings (SSSR count). The Kier molecular flexibility index (Phi) is 4.38. The molecule has 2 amide bonds. The number of benzene rings is 1. The first-order valence-electron chi connectivity index (χ1n) is 5.28. The van der Waals surface area contributed by atoms with Gasteiger partial charge in [0.2, 0.25) is 0 Å². The molecule has 0 radical (unpaired) electrons. The zero-order valence-corrected chi connectivity index (χ0v) is 10.2. The van der Waals surface area contributed by atoms with Gasteiger partial charge in [-0.05, 0) is 13.0 Å². The number of hydrogen-bond donors (Lipinski definition) is 2. The van der Waals surface area contributed by atoms with Crippen LogP contribution in [0.4, 0.5) is 4.39 Å². The van der Waals surface area contributed by atoms with Crippen LogP contribution in [0, 0.1) is 5.82 Å². The Bertz CT molecular complexity index is 464. The number of nitrogens with two attached hydrogens (primary N) is 1. The quantitative estimate of drug-likeness (QED) is 0.758. The number of hydrogen-bond acceptors (Lipinski definition) is 3. The highest BCUT2D eigenvalue weighted by atomic mass is 19.1. The summed E-state index contributed by atoms with van der Waals surface area (Å²) in [5, 5.41) is 2.29. The van der Waals surface area contributed by atoms with Crippen LogP contribution >= 0.6 is 0 Å². The third-order valence-corrected chi connectivity index (χ3v) is 2.70. The first kappa shape index (κ1) is 14.1. The Labute approximate surface area is 104 Å². The van der Waals surface area contributed by atoms with E-state index in [-0.39, 0.29) is 12.1 Å². The largest absolute Gasteiger partial charge is 0.372 e. The van der Waals surface area contributed by atoms with Crippen LogP contribution in [0.25, 0.3) is 0 Å². The fourth-order valence-electron chi connectivity index (χ4n) is 1.50. The van der Waals surface area contributed by atoms with Gasteiger partial charge >= 0.3 is 11.8 Å². The van der Waals surface area contributed by atoms with Gasteiger partial charge in [-0.15, -0.1) is 0 Å². The Morgan fingerprint density at radius 2 is 2.06 bits per heavy atom. The van der Waals surface area contributed by atoms with Crippen LogP contribution in [-0.4, -0.2) is 25.5 Å². The summed E-state index contributed by atoms with van der Waals surface area (Å²) in [5.74, 6) is -2.48. The van der Waals surface area contributed by atoms with Crippen LogP contribution in [0.2, 0.25) is 0 Å². The minimum absolute atomic E-state index is 0.0633. The average Bonchev–Trinajstić information content (AvgIpc) is 2.36. The number of halogens is 1. The Morgan fingerprint density at radius 3 is 2.56 bits per heavy atom. The van der Waals surface area contributed by atoms with Crippen molar-refractivity contribution in [2.45, 2.75) is 12.5 Å². The first-order chi connectivity index (χ1) is 8.40. The van der Waals surface area contributed by atoms with Crippen molar-refractivity contribution in [2.24, 2.45) is 5.73 Å². The smallest absolute Gasteiger partial charge is 0.309 e. The van der Waals surface area contributed by atoms with E-state index < -0.39 is 23.2 Å². The summed E-state index contributed by atoms with van der Waals surface area (Å²) in [4.78, 5) is 21.7. The van der Waals surface area contributed by atoms with Gasteiger partial charge in [0.05, 0.1) is 6.54 Å². The maximum absolute atomic E-state index is 13.7. The molecule has 0 aromatic heterocycles. The summed E-state index contributed by atoms with van der Waals surface area (Å²) < 4.78 is 18.9. The molecule has 0 aliphatic carbocycles. The van der Waals surface area contributed by atoms with Gasteiger partial charge in [-0.25, -0.2) is 4.39 Å². The molecule has 0 saturated heterocycles. The van der Waals surface area contributed by atoms with Gasteiger partial charge in [0.25, 0.3) is 0 Å². The van der Waals surface area contributed by atoms with Crippen molar-refractivity contribution in [2.75, 3.05) is 13.7 Å². The van der Waals surface area contributed by atoms with Gasteiger partial charge < -0.3 is 15.8 Å². The second-order valence-electron chi connectivity index (χ2n) is 3.96. The minimum Gasteiger partial charge on any atom is -0.372 e. The third kappa shape index (κ3) is 3.04. The average molecular weight is 254 g/mol. The van der Waals surface area contributed by atoms with Crippen LogP contribution in [0.1, 0.15) is 12.5 Å². The van der Waals surface area contributed by atoms with Crippen molar-refractivity contribution < 1.29 is 18.7 Å². The van der Waals surface area contributed by atoms with Crippen LogP contribution in [0.5, 0.6) is 0 Å². The monoisotopic (exact) mass is 254 g/mol. The molecule has 0 spiro atoms. The number of methoxy groups -OCH3 is 1. The van der Waals surface area contributed by atoms with E-state index in [2.05, 4.69) is 5.32 Å². The van der Waals surface area contributed by atoms with Crippen LogP contribution in [-0.2, 0) is 19.9 Å². The normalized spacial score (nSPS) is 13.7. The van der Waals surface area contributed by atoms with Crippen LogP contribution in [0.3, 0.4) is 0 Å². The van der Waals surface area contributed by atoms with Crippen molar-refractivity contribution in [1.29, 1.82) is 0 Å². The Hall–Kier alpha value is -1.95. The van der Waals surface area contributed by atoms with Gasteiger partial charge in [0.15, 0.2) is 0 Å². The van der Waals surface area contributed by atoms with E-state index in [1.165, 1.54) is 13.2 Å². The molecule has 98 valence electrons. The van der Waals surface area contributed by atoms with E-state index in [9.17, 15) is 14.0 Å². The van der Waals surface area contributed by atoms with Crippen LogP contribution in [0.15, 0.2) is 24.3 Å². The summed E-state index contributed by atoms with van der Waals surface area (Å²) in [6.07, 6.45) is 0. The molecular formula is C12H15FN2O3. The fourth-order valence-corrected chi connectivity index (χ4v) is 1.50. The predicted molar refractivity (Wildman–Crippen MR) is 63.0 cm³/mol. The maximum atomic E-state index is 13.7. The summed E-state index contributed by atoms with van der Waals surface area (Å²) in [7, 11) is 1.39. The molecule has 1 unspecified atom stereocenters. The number of nitrogens with one attached hydrogen (secondary N) is 1. The minimum atomic E-state index is -1.10. The van der Waals surface area contributed by atoms with E-state index in [0.717, 1.165) is 0 Å². The zero-order chi connectivity index (χ0) is 13.8. The summed E-state index contributed by atoms with van der Waals surface area (Å²) in [6.45, 7) is 1.54. The molecule has 0 bridgehead atoms. The van der Waals surface area contributed by atoms with E-state index >= 15 is 0 Å². The van der Waals surface area contributed by atoms with E-state index in [4.69, 9.17) is 10.5 Å². The number of amides is 2. The molecule has 0 saturated carbocycles. The first-order valence-corrected chi connectivity index (χ1v) is 5.28. The lowest BCUT2D eigenvalue weighted by atomic mass is 9.95. The lowest BCUT2D eigenvalue weighted by Crippen LogP contribution is -2.44. The highest BCUT2D eigenvalue weighted by molar-refractivity contribution is 6.34. The Morgan fingerprint density at radius 1 is 1.44 bits per heavy atom. The van der Waals surface area contributed by atoms with E-state index in [0.29, 0.717) is 0 Å². The van der Waals surface area contributed by atoms with Gasteiger partial charge in [-0.3, -0.25) is 9.59 Å². The number of carbonyl (C=O) groups excluding carboxylic acids is 2. The van der Waals surface area contributed by atoms with Gasteiger partial charge in [-0.2, -0.15) is 0 Å². The molecule has 0 fully saturated rings. The lowest BCUT2D eigenvalue weighted by molar-refractivity contribution is -0.138. The van der Waals surface area contributed by atoms with Gasteiger partial charge in [0.1, 0.15) is 11.4 Å². The number of carbonyl (C=O) groups is 2. The fraction of sp³-hybridized carbons (Fsp3) is 0.333. The second kappa shape index (κ2) is 5.59. The second-order valence-corrected chi connectivity index (χ2v) is 3.96. The topological polar surface area (TPSA) is 81.4 Å². The van der Waals surface area contributed by atoms with Crippen molar-refractivity contribution in [3.8, 4) is 0 Å². The third-order valence-electron chi connectivity index (χ3n) is 2.70. The Balaban J connectivity index is 2.90. The molecule has 0 aliphatic heterocycles. The number of primary amides is 1. The zero-order valence-electron chi connectivity index (χ0n) is 10.2. The van der Waals surface area contributed by atoms with Crippen molar-refractivity contribution >= 4 is 11.8 Å².